The van der Waals surface area contributed by atoms with Crippen LogP contribution in [-0.4, -0.2) is 36.1 Å². The summed E-state index contributed by atoms with van der Waals surface area (Å²) >= 11 is 0. The second-order valence-corrected chi connectivity index (χ2v) is 4.94. The molecule has 1 saturated heterocycles. The third-order valence-corrected chi connectivity index (χ3v) is 3.64. The molecule has 6 N–H and O–H groups in total. The minimum Gasteiger partial charge on any atom is -0.399 e. The van der Waals surface area contributed by atoms with Gasteiger partial charge in [0.15, 0.2) is 0 Å². The van der Waals surface area contributed by atoms with Gasteiger partial charge in [0, 0.05) is 18.3 Å². The molecule has 0 aromatic carbocycles. The molecule has 2 rings (SSSR count). The van der Waals surface area contributed by atoms with Gasteiger partial charge in [0.05, 0.1) is 5.54 Å². The maximum Gasteiger partial charge on any atom is 0.0546 e. The minimum absolute atomic E-state index is 0.167. The highest BCUT2D eigenvalue weighted by Gasteiger charge is 2.31. The summed E-state index contributed by atoms with van der Waals surface area (Å²) in [7, 11) is 0. The van der Waals surface area contributed by atoms with E-state index in [-0.39, 0.29) is 6.04 Å². The summed E-state index contributed by atoms with van der Waals surface area (Å²) in [6, 6.07) is -0.167. The average molecular weight is 222 g/mol. The Labute approximate surface area is 97.1 Å². The van der Waals surface area contributed by atoms with Crippen LogP contribution in [0.5, 0.6) is 0 Å². The Morgan fingerprint density at radius 3 is 2.69 bits per heavy atom. The molecule has 0 aromatic rings. The summed E-state index contributed by atoms with van der Waals surface area (Å²) < 4.78 is 0. The molecule has 90 valence electrons. The Morgan fingerprint density at radius 2 is 2.06 bits per heavy atom. The van der Waals surface area contributed by atoms with Crippen molar-refractivity contribution in [1.29, 1.82) is 0 Å². The van der Waals surface area contributed by atoms with Gasteiger partial charge in [-0.25, -0.2) is 0 Å². The van der Waals surface area contributed by atoms with E-state index in [9.17, 15) is 0 Å². The van der Waals surface area contributed by atoms with Crippen molar-refractivity contribution in [3.8, 4) is 0 Å². The van der Waals surface area contributed by atoms with Gasteiger partial charge < -0.3 is 22.1 Å². The van der Waals surface area contributed by atoms with Crippen LogP contribution in [0.15, 0.2) is 23.9 Å². The lowest BCUT2D eigenvalue weighted by atomic mass is 9.84. The van der Waals surface area contributed by atoms with Crippen molar-refractivity contribution in [3.05, 3.63) is 23.9 Å². The Hall–Kier alpha value is -0.840. The van der Waals surface area contributed by atoms with Gasteiger partial charge in [0.25, 0.3) is 0 Å². The molecule has 16 heavy (non-hydrogen) atoms. The summed E-state index contributed by atoms with van der Waals surface area (Å²) in [5.74, 6) is 0. The highest BCUT2D eigenvalue weighted by molar-refractivity contribution is 5.31. The fourth-order valence-corrected chi connectivity index (χ4v) is 2.39. The Kier molecular flexibility index (Phi) is 3.33. The maximum absolute atomic E-state index is 6.30. The Bertz CT molecular complexity index is 304. The fourth-order valence-electron chi connectivity index (χ4n) is 2.39. The summed E-state index contributed by atoms with van der Waals surface area (Å²) in [4.78, 5) is 2.46. The summed E-state index contributed by atoms with van der Waals surface area (Å²) in [5, 5.41) is 0. The van der Waals surface area contributed by atoms with Crippen LogP contribution in [0.1, 0.15) is 19.3 Å². The predicted octanol–water partition coefficient (Wildman–Crippen LogP) is -0.0905. The number of nitrogens with zero attached hydrogens (tertiary/aromatic N) is 1. The predicted molar refractivity (Wildman–Crippen MR) is 66.6 cm³/mol. The first-order valence-electron chi connectivity index (χ1n) is 6.03. The zero-order valence-corrected chi connectivity index (χ0v) is 9.73. The summed E-state index contributed by atoms with van der Waals surface area (Å²) in [5.41, 5.74) is 18.3. The first kappa shape index (κ1) is 11.6. The van der Waals surface area contributed by atoms with Crippen molar-refractivity contribution in [3.63, 3.8) is 0 Å². The Balaban J connectivity index is 1.90. The highest BCUT2D eigenvalue weighted by Crippen LogP contribution is 2.21. The molecule has 2 unspecified atom stereocenters. The number of likely N-dealkylation sites (tertiary alicyclic amines) is 1. The van der Waals surface area contributed by atoms with E-state index in [4.69, 9.17) is 17.2 Å². The van der Waals surface area contributed by atoms with E-state index in [1.54, 1.807) is 0 Å². The first-order valence-corrected chi connectivity index (χ1v) is 6.03. The quantitative estimate of drug-likeness (QED) is 0.623. The molecule has 0 aromatic heterocycles. The van der Waals surface area contributed by atoms with E-state index >= 15 is 0 Å². The third-order valence-electron chi connectivity index (χ3n) is 3.64. The molecule has 0 spiro atoms. The number of rotatable bonds is 3. The lowest BCUT2D eigenvalue weighted by Crippen LogP contribution is -2.55. The largest absolute Gasteiger partial charge is 0.399 e. The molecular weight excluding hydrogens is 200 g/mol. The molecule has 1 aliphatic heterocycles. The molecular formula is C12H22N4. The van der Waals surface area contributed by atoms with Crippen molar-refractivity contribution in [2.24, 2.45) is 17.2 Å². The smallest absolute Gasteiger partial charge is 0.0546 e. The minimum atomic E-state index is -0.425. The highest BCUT2D eigenvalue weighted by atomic mass is 15.1. The van der Waals surface area contributed by atoms with E-state index in [0.717, 1.165) is 18.7 Å². The Morgan fingerprint density at radius 1 is 1.38 bits per heavy atom. The molecule has 1 aliphatic carbocycles. The normalized spacial score (nSPS) is 35.4. The van der Waals surface area contributed by atoms with Crippen LogP contribution in [0.3, 0.4) is 0 Å². The standard InChI is InChI=1S/C12H22N4/c13-10-3-4-12(15,11(14)9-10)5-8-16-6-1-2-7-16/h3-4,9,11H,1-2,5-8,13-15H2. The van der Waals surface area contributed by atoms with Gasteiger partial charge >= 0.3 is 0 Å². The van der Waals surface area contributed by atoms with Gasteiger partial charge in [0.1, 0.15) is 0 Å². The van der Waals surface area contributed by atoms with Crippen LogP contribution in [0.2, 0.25) is 0 Å². The van der Waals surface area contributed by atoms with Crippen LogP contribution < -0.4 is 17.2 Å². The third kappa shape index (κ3) is 2.45. The maximum atomic E-state index is 6.30. The van der Waals surface area contributed by atoms with Gasteiger partial charge in [-0.1, -0.05) is 6.08 Å². The molecule has 0 bridgehead atoms. The number of allylic oxidation sites excluding steroid dienone is 1. The molecule has 4 heteroatoms. The van der Waals surface area contributed by atoms with Crippen molar-refractivity contribution in [2.45, 2.75) is 30.8 Å². The zero-order chi connectivity index (χ0) is 11.6. The number of hydrogen-bond acceptors (Lipinski definition) is 4. The topological polar surface area (TPSA) is 81.3 Å². The van der Waals surface area contributed by atoms with Gasteiger partial charge in [-0.3, -0.25) is 0 Å². The van der Waals surface area contributed by atoms with Crippen LogP contribution in [0, 0.1) is 0 Å². The van der Waals surface area contributed by atoms with Gasteiger partial charge in [-0.2, -0.15) is 0 Å². The van der Waals surface area contributed by atoms with Gasteiger partial charge in [-0.05, 0) is 44.5 Å². The van der Waals surface area contributed by atoms with Gasteiger partial charge in [-0.15, -0.1) is 0 Å². The lowest BCUT2D eigenvalue weighted by Gasteiger charge is -2.34. The van der Waals surface area contributed by atoms with E-state index in [2.05, 4.69) is 4.90 Å². The molecule has 0 saturated carbocycles. The second kappa shape index (κ2) is 4.57. The zero-order valence-electron chi connectivity index (χ0n) is 9.73. The van der Waals surface area contributed by atoms with E-state index in [0.29, 0.717) is 0 Å². The summed E-state index contributed by atoms with van der Waals surface area (Å²) in [6.07, 6.45) is 9.20. The van der Waals surface area contributed by atoms with Crippen molar-refractivity contribution >= 4 is 0 Å². The van der Waals surface area contributed by atoms with E-state index in [1.165, 1.54) is 25.9 Å². The molecule has 1 heterocycles. The second-order valence-electron chi connectivity index (χ2n) is 4.94. The molecule has 2 atom stereocenters. The molecule has 1 fully saturated rings. The molecule has 4 nitrogen and oxygen atoms in total. The van der Waals surface area contributed by atoms with Crippen LogP contribution in [-0.2, 0) is 0 Å². The van der Waals surface area contributed by atoms with Crippen molar-refractivity contribution in [1.82, 2.24) is 4.90 Å². The number of hydrogen-bond donors (Lipinski definition) is 3. The SMILES string of the molecule is NC1=CC(N)C(N)(CCN2CCCC2)C=C1. The average Bonchev–Trinajstić information content (AvgIpc) is 2.75. The molecule has 0 amide bonds. The number of nitrogens with two attached hydrogens (primary N) is 3. The van der Waals surface area contributed by atoms with Crippen LogP contribution in [0.4, 0.5) is 0 Å². The van der Waals surface area contributed by atoms with Crippen molar-refractivity contribution in [2.75, 3.05) is 19.6 Å². The monoisotopic (exact) mass is 222 g/mol. The van der Waals surface area contributed by atoms with E-state index in [1.807, 2.05) is 18.2 Å². The lowest BCUT2D eigenvalue weighted by molar-refractivity contribution is 0.292. The molecule has 0 radical (unpaired) electrons. The first-order chi connectivity index (χ1) is 7.60. The fraction of sp³-hybridized carbons (Fsp3) is 0.667. The van der Waals surface area contributed by atoms with Crippen LogP contribution in [0.25, 0.3) is 0 Å². The summed E-state index contributed by atoms with van der Waals surface area (Å²) in [6.45, 7) is 3.43. The molecule has 2 aliphatic rings. The van der Waals surface area contributed by atoms with E-state index < -0.39 is 5.54 Å². The van der Waals surface area contributed by atoms with Crippen molar-refractivity contribution < 1.29 is 0 Å². The van der Waals surface area contributed by atoms with Crippen LogP contribution >= 0.6 is 0 Å². The van der Waals surface area contributed by atoms with Gasteiger partial charge in [0.2, 0.25) is 0 Å².